The van der Waals surface area contributed by atoms with Crippen molar-refractivity contribution in [1.29, 1.82) is 0 Å². The molecule has 4 nitrogen and oxygen atoms in total. The predicted octanol–water partition coefficient (Wildman–Crippen LogP) is 1.21. The maximum Gasteiger partial charge on any atom is 0.320 e. The molecular weight excluding hydrogens is 192 g/mol. The standard InChI is InChI=1S/C11H16N2O2/c12-10(11(14)15)6-2-1-4-9-5-3-7-13-8-9/h3,5,7-8,10H,1-2,4,6,12H2,(H,14,15). The summed E-state index contributed by atoms with van der Waals surface area (Å²) in [6, 6.07) is 3.20. The normalized spacial score (nSPS) is 12.3. The number of aliphatic carboxylic acids is 1. The summed E-state index contributed by atoms with van der Waals surface area (Å²) in [6.07, 6.45) is 6.83. The molecule has 0 amide bonds. The van der Waals surface area contributed by atoms with Gasteiger partial charge < -0.3 is 10.8 Å². The maximum atomic E-state index is 10.4. The number of carbonyl (C=O) groups is 1. The Morgan fingerprint density at radius 3 is 2.93 bits per heavy atom. The molecule has 1 aromatic rings. The van der Waals surface area contributed by atoms with Gasteiger partial charge in [-0.1, -0.05) is 12.5 Å². The van der Waals surface area contributed by atoms with Crippen LogP contribution in [-0.2, 0) is 11.2 Å². The average Bonchev–Trinajstić information content (AvgIpc) is 2.25. The van der Waals surface area contributed by atoms with Crippen LogP contribution in [0.3, 0.4) is 0 Å². The van der Waals surface area contributed by atoms with Crippen LogP contribution in [-0.4, -0.2) is 22.1 Å². The van der Waals surface area contributed by atoms with Crippen molar-refractivity contribution < 1.29 is 9.90 Å². The minimum Gasteiger partial charge on any atom is -0.480 e. The second kappa shape index (κ2) is 6.14. The number of pyridine rings is 1. The monoisotopic (exact) mass is 208 g/mol. The first-order valence-electron chi connectivity index (χ1n) is 5.07. The highest BCUT2D eigenvalue weighted by Crippen LogP contribution is 2.06. The third-order valence-corrected chi connectivity index (χ3v) is 2.27. The molecule has 0 spiro atoms. The first-order valence-corrected chi connectivity index (χ1v) is 5.07. The minimum atomic E-state index is -0.920. The summed E-state index contributed by atoms with van der Waals surface area (Å²) in [5.41, 5.74) is 6.57. The van der Waals surface area contributed by atoms with E-state index in [0.717, 1.165) is 19.3 Å². The van der Waals surface area contributed by atoms with Crippen molar-refractivity contribution in [3.63, 3.8) is 0 Å². The molecule has 0 saturated carbocycles. The molecule has 0 aliphatic heterocycles. The molecule has 0 radical (unpaired) electrons. The number of carboxylic acid groups (broad SMARTS) is 1. The number of carboxylic acids is 1. The largest absolute Gasteiger partial charge is 0.480 e. The Kier molecular flexibility index (Phi) is 4.77. The molecule has 15 heavy (non-hydrogen) atoms. The van der Waals surface area contributed by atoms with E-state index in [1.54, 1.807) is 6.20 Å². The van der Waals surface area contributed by atoms with Gasteiger partial charge in [0, 0.05) is 12.4 Å². The second-order valence-corrected chi connectivity index (χ2v) is 3.55. The fourth-order valence-electron chi connectivity index (χ4n) is 1.36. The topological polar surface area (TPSA) is 76.2 Å². The molecule has 82 valence electrons. The Hall–Kier alpha value is -1.42. The molecule has 1 rings (SSSR count). The molecule has 1 aromatic heterocycles. The van der Waals surface area contributed by atoms with E-state index in [2.05, 4.69) is 4.98 Å². The third kappa shape index (κ3) is 4.56. The van der Waals surface area contributed by atoms with Crippen LogP contribution < -0.4 is 5.73 Å². The molecule has 0 aliphatic rings. The van der Waals surface area contributed by atoms with Gasteiger partial charge in [-0.25, -0.2) is 0 Å². The highest BCUT2D eigenvalue weighted by Gasteiger charge is 2.09. The summed E-state index contributed by atoms with van der Waals surface area (Å²) < 4.78 is 0. The minimum absolute atomic E-state index is 0.537. The molecule has 1 heterocycles. The highest BCUT2D eigenvalue weighted by molar-refractivity contribution is 5.72. The van der Waals surface area contributed by atoms with Crippen molar-refractivity contribution >= 4 is 5.97 Å². The van der Waals surface area contributed by atoms with Gasteiger partial charge in [-0.2, -0.15) is 0 Å². The molecule has 0 fully saturated rings. The summed E-state index contributed by atoms with van der Waals surface area (Å²) in [6.45, 7) is 0. The zero-order valence-corrected chi connectivity index (χ0v) is 8.60. The predicted molar refractivity (Wildman–Crippen MR) is 57.4 cm³/mol. The van der Waals surface area contributed by atoms with Crippen LogP contribution in [0.15, 0.2) is 24.5 Å². The van der Waals surface area contributed by atoms with E-state index in [9.17, 15) is 4.79 Å². The Bertz CT molecular complexity index is 301. The molecule has 4 heteroatoms. The molecule has 0 aromatic carbocycles. The molecule has 0 aliphatic carbocycles. The van der Waals surface area contributed by atoms with Crippen molar-refractivity contribution in [2.75, 3.05) is 0 Å². The second-order valence-electron chi connectivity index (χ2n) is 3.55. The number of nitrogens with two attached hydrogens (primary N) is 1. The van der Waals surface area contributed by atoms with Gasteiger partial charge >= 0.3 is 5.97 Å². The SMILES string of the molecule is NC(CCCCc1cccnc1)C(=O)O. The number of hydrogen-bond donors (Lipinski definition) is 2. The van der Waals surface area contributed by atoms with Gasteiger partial charge in [-0.05, 0) is 30.9 Å². The van der Waals surface area contributed by atoms with Crippen LogP contribution in [0.5, 0.6) is 0 Å². The van der Waals surface area contributed by atoms with Gasteiger partial charge in [0.15, 0.2) is 0 Å². The summed E-state index contributed by atoms with van der Waals surface area (Å²) >= 11 is 0. The van der Waals surface area contributed by atoms with Crippen LogP contribution in [0, 0.1) is 0 Å². The lowest BCUT2D eigenvalue weighted by Gasteiger charge is -2.05. The lowest BCUT2D eigenvalue weighted by molar-refractivity contribution is -0.138. The molecule has 3 N–H and O–H groups in total. The fourth-order valence-corrected chi connectivity index (χ4v) is 1.36. The van der Waals surface area contributed by atoms with Gasteiger partial charge in [0.05, 0.1) is 0 Å². The van der Waals surface area contributed by atoms with Gasteiger partial charge in [-0.15, -0.1) is 0 Å². The molecule has 0 bridgehead atoms. The fraction of sp³-hybridized carbons (Fsp3) is 0.455. The van der Waals surface area contributed by atoms with Crippen LogP contribution in [0.2, 0.25) is 0 Å². The lowest BCUT2D eigenvalue weighted by Crippen LogP contribution is -2.29. The van der Waals surface area contributed by atoms with Crippen molar-refractivity contribution in [2.45, 2.75) is 31.7 Å². The van der Waals surface area contributed by atoms with E-state index in [1.165, 1.54) is 5.56 Å². The first kappa shape index (κ1) is 11.7. The first-order chi connectivity index (χ1) is 7.20. The van der Waals surface area contributed by atoms with E-state index in [-0.39, 0.29) is 0 Å². The molecular formula is C11H16N2O2. The number of rotatable bonds is 6. The summed E-state index contributed by atoms with van der Waals surface area (Å²) in [4.78, 5) is 14.4. The van der Waals surface area contributed by atoms with E-state index in [1.807, 2.05) is 18.3 Å². The number of hydrogen-bond acceptors (Lipinski definition) is 3. The number of aryl methyl sites for hydroxylation is 1. The van der Waals surface area contributed by atoms with Crippen molar-refractivity contribution in [3.8, 4) is 0 Å². The zero-order valence-electron chi connectivity index (χ0n) is 8.60. The van der Waals surface area contributed by atoms with E-state index in [4.69, 9.17) is 10.8 Å². The van der Waals surface area contributed by atoms with Crippen molar-refractivity contribution in [2.24, 2.45) is 5.73 Å². The molecule has 0 saturated heterocycles. The van der Waals surface area contributed by atoms with E-state index in [0.29, 0.717) is 6.42 Å². The quantitative estimate of drug-likeness (QED) is 0.689. The van der Waals surface area contributed by atoms with Gasteiger partial charge in [0.1, 0.15) is 6.04 Å². The van der Waals surface area contributed by atoms with Crippen LogP contribution in [0.4, 0.5) is 0 Å². The molecule has 1 unspecified atom stereocenters. The smallest absolute Gasteiger partial charge is 0.320 e. The lowest BCUT2D eigenvalue weighted by atomic mass is 10.1. The number of aromatic nitrogens is 1. The van der Waals surface area contributed by atoms with Crippen molar-refractivity contribution in [3.05, 3.63) is 30.1 Å². The van der Waals surface area contributed by atoms with Crippen LogP contribution in [0.1, 0.15) is 24.8 Å². The number of nitrogens with zero attached hydrogens (tertiary/aromatic N) is 1. The Morgan fingerprint density at radius 1 is 1.53 bits per heavy atom. The van der Waals surface area contributed by atoms with Gasteiger partial charge in [-0.3, -0.25) is 9.78 Å². The third-order valence-electron chi connectivity index (χ3n) is 2.27. The summed E-state index contributed by atoms with van der Waals surface area (Å²) in [7, 11) is 0. The van der Waals surface area contributed by atoms with Gasteiger partial charge in [0.25, 0.3) is 0 Å². The van der Waals surface area contributed by atoms with Gasteiger partial charge in [0.2, 0.25) is 0 Å². The van der Waals surface area contributed by atoms with Crippen LogP contribution >= 0.6 is 0 Å². The Morgan fingerprint density at radius 2 is 2.33 bits per heavy atom. The Balaban J connectivity index is 2.15. The average molecular weight is 208 g/mol. The van der Waals surface area contributed by atoms with Crippen LogP contribution in [0.25, 0.3) is 0 Å². The highest BCUT2D eigenvalue weighted by atomic mass is 16.4. The number of unbranched alkanes of at least 4 members (excludes halogenated alkanes) is 1. The Labute approximate surface area is 89.1 Å². The van der Waals surface area contributed by atoms with E-state index < -0.39 is 12.0 Å². The summed E-state index contributed by atoms with van der Waals surface area (Å²) in [5.74, 6) is -0.920. The zero-order chi connectivity index (χ0) is 11.1. The summed E-state index contributed by atoms with van der Waals surface area (Å²) in [5, 5.41) is 8.56. The van der Waals surface area contributed by atoms with E-state index >= 15 is 0 Å². The van der Waals surface area contributed by atoms with Crippen molar-refractivity contribution in [1.82, 2.24) is 4.98 Å². The molecule has 1 atom stereocenters. The maximum absolute atomic E-state index is 10.4.